The van der Waals surface area contributed by atoms with Gasteiger partial charge in [-0.1, -0.05) is 42.5 Å². The summed E-state index contributed by atoms with van der Waals surface area (Å²) >= 11 is 0. The Morgan fingerprint density at radius 2 is 1.81 bits per heavy atom. The van der Waals surface area contributed by atoms with E-state index in [0.29, 0.717) is 24.3 Å². The molecule has 0 aliphatic rings. The summed E-state index contributed by atoms with van der Waals surface area (Å²) in [6, 6.07) is 18.9. The highest BCUT2D eigenvalue weighted by Gasteiger charge is 2.27. The molecule has 8 heteroatoms. The molecular weight excluding hydrogens is 461 g/mol. The van der Waals surface area contributed by atoms with Crippen molar-refractivity contribution in [2.75, 3.05) is 13.7 Å². The number of nitrogens with one attached hydrogen (secondary N) is 2. The first-order valence-corrected chi connectivity index (χ1v) is 11.7. The van der Waals surface area contributed by atoms with E-state index in [1.54, 1.807) is 18.3 Å². The molecular formula is C28H28FN3O4. The SMILES string of the molecule is COC(=O)[C@H](Cc1cnc[nH]1)NC(=O)C(CCOc1ccc(F)cc1)Cc1cccc2ccccc12. The fourth-order valence-electron chi connectivity index (χ4n) is 4.15. The molecule has 1 amide bonds. The number of aromatic amines is 1. The van der Waals surface area contributed by atoms with Crippen LogP contribution in [0.25, 0.3) is 10.8 Å². The number of ether oxygens (including phenoxy) is 2. The van der Waals surface area contributed by atoms with Crippen molar-refractivity contribution in [3.63, 3.8) is 0 Å². The first-order valence-electron chi connectivity index (χ1n) is 11.7. The Labute approximate surface area is 208 Å². The number of benzene rings is 3. The van der Waals surface area contributed by atoms with E-state index in [2.05, 4.69) is 15.3 Å². The molecule has 2 atom stereocenters. The highest BCUT2D eigenvalue weighted by atomic mass is 19.1. The minimum Gasteiger partial charge on any atom is -0.494 e. The number of amides is 1. The van der Waals surface area contributed by atoms with Gasteiger partial charge >= 0.3 is 5.97 Å². The number of esters is 1. The van der Waals surface area contributed by atoms with Gasteiger partial charge < -0.3 is 19.8 Å². The van der Waals surface area contributed by atoms with Gasteiger partial charge in [0, 0.05) is 24.2 Å². The molecule has 0 saturated heterocycles. The number of H-pyrrole nitrogens is 1. The van der Waals surface area contributed by atoms with E-state index in [0.717, 1.165) is 16.3 Å². The van der Waals surface area contributed by atoms with Crippen molar-refractivity contribution in [1.82, 2.24) is 15.3 Å². The highest BCUT2D eigenvalue weighted by molar-refractivity contribution is 5.88. The van der Waals surface area contributed by atoms with Crippen LogP contribution in [-0.4, -0.2) is 41.6 Å². The average molecular weight is 490 g/mol. The monoisotopic (exact) mass is 489 g/mol. The standard InChI is InChI=1S/C28H28FN3O4/c1-35-28(34)26(16-23-17-30-18-31-23)32-27(33)21(13-14-36-24-11-9-22(29)10-12-24)15-20-7-4-6-19-5-2-3-8-25(19)20/h2-12,17-18,21,26H,13-16H2,1H3,(H,30,31)(H,32,33)/t21?,26-/m0/s1. The third kappa shape index (κ3) is 6.47. The van der Waals surface area contributed by atoms with Gasteiger partial charge in [-0.2, -0.15) is 0 Å². The van der Waals surface area contributed by atoms with Crippen LogP contribution < -0.4 is 10.1 Å². The molecule has 7 nitrogen and oxygen atoms in total. The smallest absolute Gasteiger partial charge is 0.328 e. The molecule has 1 unspecified atom stereocenters. The van der Waals surface area contributed by atoms with Crippen molar-refractivity contribution in [2.24, 2.45) is 5.92 Å². The number of carbonyl (C=O) groups excluding carboxylic acids is 2. The van der Waals surface area contributed by atoms with Gasteiger partial charge in [0.1, 0.15) is 17.6 Å². The van der Waals surface area contributed by atoms with Crippen LogP contribution >= 0.6 is 0 Å². The number of aromatic nitrogens is 2. The fourth-order valence-corrected chi connectivity index (χ4v) is 4.15. The molecule has 0 aliphatic carbocycles. The molecule has 3 aromatic carbocycles. The lowest BCUT2D eigenvalue weighted by Gasteiger charge is -2.22. The normalized spacial score (nSPS) is 12.6. The lowest BCUT2D eigenvalue weighted by atomic mass is 9.92. The summed E-state index contributed by atoms with van der Waals surface area (Å²) in [7, 11) is 1.29. The van der Waals surface area contributed by atoms with Gasteiger partial charge in [0.05, 0.1) is 20.0 Å². The number of fused-ring (bicyclic) bond motifs is 1. The van der Waals surface area contributed by atoms with Crippen LogP contribution in [0.3, 0.4) is 0 Å². The zero-order chi connectivity index (χ0) is 25.3. The van der Waals surface area contributed by atoms with Crippen LogP contribution in [0.2, 0.25) is 0 Å². The van der Waals surface area contributed by atoms with Gasteiger partial charge in [0.2, 0.25) is 5.91 Å². The molecule has 36 heavy (non-hydrogen) atoms. The molecule has 0 aliphatic heterocycles. The van der Waals surface area contributed by atoms with Crippen molar-refractivity contribution in [3.8, 4) is 5.75 Å². The number of methoxy groups -OCH3 is 1. The van der Waals surface area contributed by atoms with E-state index < -0.39 is 17.9 Å². The maximum absolute atomic E-state index is 13.5. The minimum absolute atomic E-state index is 0.228. The average Bonchev–Trinajstić information content (AvgIpc) is 3.41. The Morgan fingerprint density at radius 3 is 2.56 bits per heavy atom. The maximum atomic E-state index is 13.5. The summed E-state index contributed by atoms with van der Waals surface area (Å²) in [5.74, 6) is -1.12. The summed E-state index contributed by atoms with van der Waals surface area (Å²) in [6.45, 7) is 0.248. The van der Waals surface area contributed by atoms with Crippen LogP contribution in [0.15, 0.2) is 79.3 Å². The Morgan fingerprint density at radius 1 is 1.03 bits per heavy atom. The largest absolute Gasteiger partial charge is 0.494 e. The number of rotatable bonds is 11. The predicted octanol–water partition coefficient (Wildman–Crippen LogP) is 4.23. The van der Waals surface area contributed by atoms with Gasteiger partial charge in [0.15, 0.2) is 0 Å². The van der Waals surface area contributed by atoms with E-state index in [9.17, 15) is 14.0 Å². The Hall–Kier alpha value is -4.20. The number of imidazole rings is 1. The van der Waals surface area contributed by atoms with Crippen LogP contribution in [0.4, 0.5) is 4.39 Å². The van der Waals surface area contributed by atoms with Crippen molar-refractivity contribution in [1.29, 1.82) is 0 Å². The van der Waals surface area contributed by atoms with Crippen LogP contribution in [0.5, 0.6) is 5.75 Å². The minimum atomic E-state index is -0.865. The van der Waals surface area contributed by atoms with Crippen molar-refractivity contribution in [3.05, 3.63) is 96.3 Å². The zero-order valence-corrected chi connectivity index (χ0v) is 19.9. The van der Waals surface area contributed by atoms with Crippen molar-refractivity contribution in [2.45, 2.75) is 25.3 Å². The molecule has 4 aromatic rings. The van der Waals surface area contributed by atoms with E-state index in [1.165, 1.54) is 25.6 Å². The number of carbonyl (C=O) groups is 2. The number of halogens is 1. The maximum Gasteiger partial charge on any atom is 0.328 e. The topological polar surface area (TPSA) is 93.3 Å². The van der Waals surface area contributed by atoms with E-state index in [-0.39, 0.29) is 24.8 Å². The summed E-state index contributed by atoms with van der Waals surface area (Å²) in [6.07, 6.45) is 4.20. The molecule has 0 radical (unpaired) electrons. The summed E-state index contributed by atoms with van der Waals surface area (Å²) < 4.78 is 23.9. The third-order valence-electron chi connectivity index (χ3n) is 6.05. The van der Waals surface area contributed by atoms with Gasteiger partial charge in [-0.3, -0.25) is 4.79 Å². The van der Waals surface area contributed by atoms with E-state index >= 15 is 0 Å². The summed E-state index contributed by atoms with van der Waals surface area (Å²) in [5, 5.41) is 5.02. The highest BCUT2D eigenvalue weighted by Crippen LogP contribution is 2.23. The number of nitrogens with zero attached hydrogens (tertiary/aromatic N) is 1. The van der Waals surface area contributed by atoms with E-state index in [4.69, 9.17) is 9.47 Å². The van der Waals surface area contributed by atoms with Crippen LogP contribution in [-0.2, 0) is 27.2 Å². The number of hydrogen-bond acceptors (Lipinski definition) is 5. The molecule has 4 rings (SSSR count). The fraction of sp³-hybridized carbons (Fsp3) is 0.250. The van der Waals surface area contributed by atoms with Crippen LogP contribution in [0.1, 0.15) is 17.7 Å². The Balaban J connectivity index is 1.52. The van der Waals surface area contributed by atoms with Crippen molar-refractivity contribution >= 4 is 22.6 Å². The molecule has 0 saturated carbocycles. The first-order chi connectivity index (χ1) is 17.5. The quantitative estimate of drug-likeness (QED) is 0.308. The molecule has 0 bridgehead atoms. The van der Waals surface area contributed by atoms with Gasteiger partial charge in [-0.05, 0) is 53.4 Å². The van der Waals surface area contributed by atoms with Gasteiger partial charge in [-0.25, -0.2) is 14.2 Å². The molecule has 2 N–H and O–H groups in total. The van der Waals surface area contributed by atoms with Gasteiger partial charge in [-0.15, -0.1) is 0 Å². The van der Waals surface area contributed by atoms with Crippen LogP contribution in [0, 0.1) is 11.7 Å². The molecule has 186 valence electrons. The Kier molecular flexibility index (Phi) is 8.28. The molecule has 1 heterocycles. The van der Waals surface area contributed by atoms with Gasteiger partial charge in [0.25, 0.3) is 0 Å². The third-order valence-corrected chi connectivity index (χ3v) is 6.05. The summed E-state index contributed by atoms with van der Waals surface area (Å²) in [4.78, 5) is 32.8. The Bertz CT molecular complexity index is 1290. The molecule has 0 fully saturated rings. The second-order valence-electron chi connectivity index (χ2n) is 8.50. The lowest BCUT2D eigenvalue weighted by Crippen LogP contribution is -2.46. The van der Waals surface area contributed by atoms with E-state index in [1.807, 2.05) is 42.5 Å². The number of hydrogen-bond donors (Lipinski definition) is 2. The molecule has 1 aromatic heterocycles. The first kappa shape index (κ1) is 24.9. The van der Waals surface area contributed by atoms with Crippen molar-refractivity contribution < 1.29 is 23.5 Å². The second-order valence-corrected chi connectivity index (χ2v) is 8.50. The summed E-state index contributed by atoms with van der Waals surface area (Å²) in [5.41, 5.74) is 1.73. The molecule has 0 spiro atoms. The lowest BCUT2D eigenvalue weighted by molar-refractivity contribution is -0.145. The predicted molar refractivity (Wildman–Crippen MR) is 134 cm³/mol. The zero-order valence-electron chi connectivity index (χ0n) is 19.9. The second kappa shape index (κ2) is 12.0.